The van der Waals surface area contributed by atoms with E-state index in [0.717, 1.165) is 52.0 Å². The van der Waals surface area contributed by atoms with Crippen molar-refractivity contribution >= 4 is 39.2 Å². The molecular formula is C15H19BrClN3O. The molecule has 0 spiro atoms. The third-order valence-corrected chi connectivity index (χ3v) is 4.20. The highest BCUT2D eigenvalue weighted by atomic mass is 79.9. The Labute approximate surface area is 138 Å². The summed E-state index contributed by atoms with van der Waals surface area (Å²) >= 11 is 9.75. The van der Waals surface area contributed by atoms with Gasteiger partial charge in [0.25, 0.3) is 0 Å². The van der Waals surface area contributed by atoms with Crippen LogP contribution >= 0.6 is 27.5 Å². The maximum Gasteiger partial charge on any atom is 0.207 e. The molecule has 1 aromatic carbocycles. The third kappa shape index (κ3) is 4.22. The van der Waals surface area contributed by atoms with Gasteiger partial charge in [-0.05, 0) is 53.9 Å². The number of nitrogens with zero attached hydrogens (tertiary/aromatic N) is 2. The fraction of sp³-hybridized carbons (Fsp3) is 0.400. The van der Waals surface area contributed by atoms with Gasteiger partial charge >= 0.3 is 0 Å². The van der Waals surface area contributed by atoms with Gasteiger partial charge in [0.15, 0.2) is 0 Å². The number of ether oxygens (including phenoxy) is 1. The van der Waals surface area contributed by atoms with E-state index in [1.807, 2.05) is 32.2 Å². The molecule has 0 saturated heterocycles. The summed E-state index contributed by atoms with van der Waals surface area (Å²) in [6.07, 6.45) is 2.97. The van der Waals surface area contributed by atoms with Gasteiger partial charge in [-0.15, -0.1) is 0 Å². The number of benzene rings is 1. The number of nitrogens with one attached hydrogen (secondary N) is 1. The largest absolute Gasteiger partial charge is 0.385 e. The van der Waals surface area contributed by atoms with Crippen LogP contribution in [0.5, 0.6) is 0 Å². The van der Waals surface area contributed by atoms with E-state index in [1.54, 1.807) is 7.11 Å². The maximum atomic E-state index is 6.19. The summed E-state index contributed by atoms with van der Waals surface area (Å²) in [6, 6.07) is 3.90. The minimum Gasteiger partial charge on any atom is -0.385 e. The molecule has 0 atom stereocenters. The van der Waals surface area contributed by atoms with Gasteiger partial charge in [-0.25, -0.2) is 4.98 Å². The molecule has 21 heavy (non-hydrogen) atoms. The number of imidazole rings is 1. The highest BCUT2D eigenvalue weighted by molar-refractivity contribution is 9.10. The van der Waals surface area contributed by atoms with Gasteiger partial charge in [-0.1, -0.05) is 11.6 Å². The predicted octanol–water partition coefficient (Wildman–Crippen LogP) is 4.70. The Morgan fingerprint density at radius 1 is 1.38 bits per heavy atom. The first kappa shape index (κ1) is 16.3. The second-order valence-corrected chi connectivity index (χ2v) is 6.21. The number of rotatable bonds is 6. The Balaban J connectivity index is 2.21. The minimum absolute atomic E-state index is 0.731. The van der Waals surface area contributed by atoms with Crippen molar-refractivity contribution in [2.45, 2.75) is 26.8 Å². The Morgan fingerprint density at radius 2 is 2.14 bits per heavy atom. The number of hydrogen-bond acceptors (Lipinski definition) is 3. The first-order valence-corrected chi connectivity index (χ1v) is 7.93. The molecule has 1 N–H and O–H groups in total. The van der Waals surface area contributed by atoms with E-state index in [1.165, 1.54) is 0 Å². The van der Waals surface area contributed by atoms with Crippen molar-refractivity contribution in [1.82, 2.24) is 9.55 Å². The molecular weight excluding hydrogens is 354 g/mol. The van der Waals surface area contributed by atoms with Crippen molar-refractivity contribution in [3.8, 4) is 0 Å². The smallest absolute Gasteiger partial charge is 0.207 e. The normalized spacial score (nSPS) is 10.9. The van der Waals surface area contributed by atoms with Gasteiger partial charge in [0.05, 0.1) is 11.4 Å². The van der Waals surface area contributed by atoms with Gasteiger partial charge in [0, 0.05) is 36.0 Å². The summed E-state index contributed by atoms with van der Waals surface area (Å²) in [4.78, 5) is 4.52. The van der Waals surface area contributed by atoms with Crippen molar-refractivity contribution in [3.63, 3.8) is 0 Å². The first-order valence-electron chi connectivity index (χ1n) is 6.76. The van der Waals surface area contributed by atoms with Crippen molar-refractivity contribution in [1.29, 1.82) is 0 Å². The minimum atomic E-state index is 0.731. The number of halogens is 2. The highest BCUT2D eigenvalue weighted by Crippen LogP contribution is 2.31. The molecule has 2 rings (SSSR count). The zero-order valence-electron chi connectivity index (χ0n) is 12.4. The quantitative estimate of drug-likeness (QED) is 0.747. The molecule has 0 radical (unpaired) electrons. The van der Waals surface area contributed by atoms with Crippen LogP contribution in [-0.4, -0.2) is 23.3 Å². The average molecular weight is 373 g/mol. The lowest BCUT2D eigenvalue weighted by molar-refractivity contribution is 0.190. The molecule has 6 heteroatoms. The van der Waals surface area contributed by atoms with Crippen LogP contribution in [0.1, 0.15) is 17.7 Å². The number of hydrogen-bond donors (Lipinski definition) is 1. The van der Waals surface area contributed by atoms with E-state index in [0.29, 0.717) is 0 Å². The van der Waals surface area contributed by atoms with E-state index in [2.05, 4.69) is 30.8 Å². The topological polar surface area (TPSA) is 39.1 Å². The molecule has 1 heterocycles. The van der Waals surface area contributed by atoms with Crippen molar-refractivity contribution in [3.05, 3.63) is 39.1 Å². The molecule has 1 aromatic heterocycles. The Morgan fingerprint density at radius 3 is 2.86 bits per heavy atom. The fourth-order valence-corrected chi connectivity index (χ4v) is 2.78. The summed E-state index contributed by atoms with van der Waals surface area (Å²) in [5, 5.41) is 4.07. The SMILES string of the molecule is COCCCn1cc(C)nc1Nc1cc(Cl)c(C)cc1Br. The zero-order valence-corrected chi connectivity index (χ0v) is 14.8. The summed E-state index contributed by atoms with van der Waals surface area (Å²) < 4.78 is 8.16. The standard InChI is InChI=1S/C15H19BrClN3O/c1-10-7-12(16)14(8-13(10)17)19-15-18-11(2)9-20(15)5-4-6-21-3/h7-9H,4-6H2,1-3H3,(H,18,19). The second kappa shape index (κ2) is 7.29. The van der Waals surface area contributed by atoms with Crippen LogP contribution in [0.25, 0.3) is 0 Å². The average Bonchev–Trinajstić information content (AvgIpc) is 2.76. The molecule has 0 unspecified atom stereocenters. The van der Waals surface area contributed by atoms with Crippen LogP contribution in [0.3, 0.4) is 0 Å². The van der Waals surface area contributed by atoms with Gasteiger partial charge in [0.1, 0.15) is 0 Å². The molecule has 0 aliphatic carbocycles. The summed E-state index contributed by atoms with van der Waals surface area (Å²) in [6.45, 7) is 5.55. The molecule has 0 saturated carbocycles. The summed E-state index contributed by atoms with van der Waals surface area (Å²) in [5.74, 6) is 0.809. The van der Waals surface area contributed by atoms with Crippen molar-refractivity contribution < 1.29 is 4.74 Å². The molecule has 0 amide bonds. The lowest BCUT2D eigenvalue weighted by Gasteiger charge is -2.12. The lowest BCUT2D eigenvalue weighted by Crippen LogP contribution is -2.05. The Kier molecular flexibility index (Phi) is 5.67. The molecule has 0 bridgehead atoms. The second-order valence-electron chi connectivity index (χ2n) is 4.95. The molecule has 114 valence electrons. The summed E-state index contributed by atoms with van der Waals surface area (Å²) in [5.41, 5.74) is 2.92. The van der Waals surface area contributed by atoms with Crippen LogP contribution in [0.4, 0.5) is 11.6 Å². The Hall–Kier alpha value is -1.04. The molecule has 0 fully saturated rings. The number of aryl methyl sites for hydroxylation is 3. The van der Waals surface area contributed by atoms with E-state index in [9.17, 15) is 0 Å². The lowest BCUT2D eigenvalue weighted by atomic mass is 10.2. The molecule has 0 aliphatic heterocycles. The molecule has 2 aromatic rings. The molecule has 4 nitrogen and oxygen atoms in total. The van der Waals surface area contributed by atoms with E-state index < -0.39 is 0 Å². The van der Waals surface area contributed by atoms with Crippen LogP contribution < -0.4 is 5.32 Å². The first-order chi connectivity index (χ1) is 10.0. The van der Waals surface area contributed by atoms with Crippen molar-refractivity contribution in [2.75, 3.05) is 19.0 Å². The zero-order chi connectivity index (χ0) is 15.4. The van der Waals surface area contributed by atoms with Crippen LogP contribution in [0.15, 0.2) is 22.8 Å². The van der Waals surface area contributed by atoms with E-state index in [4.69, 9.17) is 16.3 Å². The number of aromatic nitrogens is 2. The van der Waals surface area contributed by atoms with Gasteiger partial charge in [-0.2, -0.15) is 0 Å². The third-order valence-electron chi connectivity index (χ3n) is 3.14. The van der Waals surface area contributed by atoms with Crippen LogP contribution in [0, 0.1) is 13.8 Å². The number of methoxy groups -OCH3 is 1. The van der Waals surface area contributed by atoms with Gasteiger partial charge in [0.2, 0.25) is 5.95 Å². The molecule has 0 aliphatic rings. The highest BCUT2D eigenvalue weighted by Gasteiger charge is 2.09. The van der Waals surface area contributed by atoms with Gasteiger partial charge in [-0.3, -0.25) is 0 Å². The predicted molar refractivity (Wildman–Crippen MR) is 90.6 cm³/mol. The maximum absolute atomic E-state index is 6.19. The van der Waals surface area contributed by atoms with Crippen LogP contribution in [-0.2, 0) is 11.3 Å². The van der Waals surface area contributed by atoms with E-state index >= 15 is 0 Å². The van der Waals surface area contributed by atoms with Crippen LogP contribution in [0.2, 0.25) is 5.02 Å². The van der Waals surface area contributed by atoms with Gasteiger partial charge < -0.3 is 14.6 Å². The summed E-state index contributed by atoms with van der Waals surface area (Å²) in [7, 11) is 1.71. The van der Waals surface area contributed by atoms with E-state index in [-0.39, 0.29) is 0 Å². The fourth-order valence-electron chi connectivity index (χ4n) is 2.06. The Bertz CT molecular complexity index is 628. The monoisotopic (exact) mass is 371 g/mol. The van der Waals surface area contributed by atoms with Crippen molar-refractivity contribution in [2.24, 2.45) is 0 Å². The number of anilines is 2.